The van der Waals surface area contributed by atoms with Gasteiger partial charge in [-0.3, -0.25) is 14.4 Å². The zero-order valence-electron chi connectivity index (χ0n) is 23.3. The van der Waals surface area contributed by atoms with Crippen LogP contribution >= 0.6 is 0 Å². The van der Waals surface area contributed by atoms with Gasteiger partial charge in [-0.15, -0.1) is 0 Å². The van der Waals surface area contributed by atoms with Crippen molar-refractivity contribution in [1.82, 2.24) is 5.32 Å². The van der Waals surface area contributed by atoms with E-state index in [0.29, 0.717) is 30.4 Å². The number of carbonyl (C=O) groups is 3. The molecule has 0 radical (unpaired) electrons. The molecular weight excluding hydrogens is 490 g/mol. The van der Waals surface area contributed by atoms with Crippen LogP contribution in [0.4, 0.5) is 11.4 Å². The third-order valence-electron chi connectivity index (χ3n) is 7.07. The molecule has 7 nitrogen and oxygen atoms in total. The molecule has 204 valence electrons. The van der Waals surface area contributed by atoms with Gasteiger partial charge in [0.1, 0.15) is 5.75 Å². The van der Waals surface area contributed by atoms with Gasteiger partial charge < -0.3 is 20.3 Å². The largest absolute Gasteiger partial charge is 0.484 e. The Morgan fingerprint density at radius 1 is 0.974 bits per heavy atom. The second-order valence-electron chi connectivity index (χ2n) is 10.6. The molecule has 1 aliphatic rings. The second-order valence-corrected chi connectivity index (χ2v) is 10.6. The topological polar surface area (TPSA) is 87.7 Å². The molecule has 0 saturated carbocycles. The van der Waals surface area contributed by atoms with E-state index in [4.69, 9.17) is 4.74 Å². The van der Waals surface area contributed by atoms with Crippen LogP contribution in [0.25, 0.3) is 0 Å². The molecule has 1 heterocycles. The van der Waals surface area contributed by atoms with Gasteiger partial charge in [-0.25, -0.2) is 0 Å². The Kier molecular flexibility index (Phi) is 8.69. The van der Waals surface area contributed by atoms with Gasteiger partial charge in [0.25, 0.3) is 5.91 Å². The van der Waals surface area contributed by atoms with E-state index in [-0.39, 0.29) is 30.7 Å². The van der Waals surface area contributed by atoms with Crippen LogP contribution in [0.5, 0.6) is 5.75 Å². The molecule has 0 unspecified atom stereocenters. The number of hydrogen-bond acceptors (Lipinski definition) is 4. The first-order chi connectivity index (χ1) is 18.6. The van der Waals surface area contributed by atoms with Gasteiger partial charge in [-0.2, -0.15) is 0 Å². The van der Waals surface area contributed by atoms with Gasteiger partial charge in [0.05, 0.1) is 5.92 Å². The van der Waals surface area contributed by atoms with E-state index < -0.39 is 5.92 Å². The van der Waals surface area contributed by atoms with E-state index >= 15 is 0 Å². The van der Waals surface area contributed by atoms with Gasteiger partial charge in [-0.05, 0) is 73.2 Å². The monoisotopic (exact) mass is 527 g/mol. The minimum Gasteiger partial charge on any atom is -0.484 e. The number of nitrogens with one attached hydrogen (secondary N) is 2. The van der Waals surface area contributed by atoms with Crippen LogP contribution in [0.15, 0.2) is 60.7 Å². The third kappa shape index (κ3) is 7.05. The van der Waals surface area contributed by atoms with Crippen molar-refractivity contribution in [3.63, 3.8) is 0 Å². The fraction of sp³-hybridized carbons (Fsp3) is 0.344. The van der Waals surface area contributed by atoms with Crippen molar-refractivity contribution in [3.8, 4) is 5.75 Å². The fourth-order valence-corrected chi connectivity index (χ4v) is 4.91. The van der Waals surface area contributed by atoms with Gasteiger partial charge >= 0.3 is 0 Å². The first kappa shape index (κ1) is 27.9. The summed E-state index contributed by atoms with van der Waals surface area (Å²) in [4.78, 5) is 39.5. The zero-order valence-corrected chi connectivity index (χ0v) is 23.3. The molecule has 3 aromatic rings. The summed E-state index contributed by atoms with van der Waals surface area (Å²) in [5.41, 5.74) is 6.95. The van der Waals surface area contributed by atoms with Crippen LogP contribution in [0.1, 0.15) is 54.0 Å². The molecule has 0 spiro atoms. The maximum absolute atomic E-state index is 12.8. The van der Waals surface area contributed by atoms with Crippen molar-refractivity contribution in [3.05, 3.63) is 88.5 Å². The Morgan fingerprint density at radius 2 is 1.62 bits per heavy atom. The summed E-state index contributed by atoms with van der Waals surface area (Å²) in [6.07, 6.45) is 0.175. The first-order valence-corrected chi connectivity index (χ1v) is 13.4. The van der Waals surface area contributed by atoms with E-state index in [9.17, 15) is 14.4 Å². The van der Waals surface area contributed by atoms with Crippen molar-refractivity contribution in [2.24, 2.45) is 5.92 Å². The Balaban J connectivity index is 1.27. The van der Waals surface area contributed by atoms with Gasteiger partial charge in [0.15, 0.2) is 6.61 Å². The van der Waals surface area contributed by atoms with Crippen LogP contribution in [-0.4, -0.2) is 30.9 Å². The molecule has 1 saturated heterocycles. The van der Waals surface area contributed by atoms with E-state index in [1.54, 1.807) is 29.2 Å². The lowest BCUT2D eigenvalue weighted by Crippen LogP contribution is -2.32. The van der Waals surface area contributed by atoms with Crippen LogP contribution in [-0.2, 0) is 20.9 Å². The molecule has 0 aliphatic carbocycles. The van der Waals surface area contributed by atoms with E-state index in [2.05, 4.69) is 36.6 Å². The quantitative estimate of drug-likeness (QED) is 0.389. The highest BCUT2D eigenvalue weighted by molar-refractivity contribution is 6.00. The summed E-state index contributed by atoms with van der Waals surface area (Å²) in [7, 11) is 0. The SMILES string of the molecule is Cc1cc(C)c(NC(=O)COc2ccc(N3C[C@@H](C(=O)NCc4ccc(C(C)C)cc4)CC3=O)cc2)c(C)c1. The maximum Gasteiger partial charge on any atom is 0.262 e. The summed E-state index contributed by atoms with van der Waals surface area (Å²) in [5.74, 6) is 0.129. The van der Waals surface area contributed by atoms with Crippen LogP contribution in [0.3, 0.4) is 0 Å². The number of ether oxygens (including phenoxy) is 1. The molecule has 39 heavy (non-hydrogen) atoms. The van der Waals surface area contributed by atoms with Crippen LogP contribution in [0.2, 0.25) is 0 Å². The van der Waals surface area contributed by atoms with Gasteiger partial charge in [0, 0.05) is 30.9 Å². The summed E-state index contributed by atoms with van der Waals surface area (Å²) in [5, 5.41) is 5.90. The smallest absolute Gasteiger partial charge is 0.262 e. The predicted molar refractivity (Wildman–Crippen MR) is 154 cm³/mol. The van der Waals surface area contributed by atoms with Crippen molar-refractivity contribution < 1.29 is 19.1 Å². The van der Waals surface area contributed by atoms with Crippen molar-refractivity contribution >= 4 is 29.1 Å². The summed E-state index contributed by atoms with van der Waals surface area (Å²) < 4.78 is 5.66. The number of anilines is 2. The summed E-state index contributed by atoms with van der Waals surface area (Å²) in [6, 6.07) is 19.3. The van der Waals surface area contributed by atoms with Crippen molar-refractivity contribution in [2.75, 3.05) is 23.4 Å². The lowest BCUT2D eigenvalue weighted by Gasteiger charge is -2.17. The second kappa shape index (κ2) is 12.2. The Hall–Kier alpha value is -4.13. The lowest BCUT2D eigenvalue weighted by atomic mass is 10.0. The molecule has 3 amide bonds. The number of hydrogen-bond donors (Lipinski definition) is 2. The van der Waals surface area contributed by atoms with E-state index in [1.807, 2.05) is 45.0 Å². The van der Waals surface area contributed by atoms with Crippen molar-refractivity contribution in [1.29, 1.82) is 0 Å². The Bertz CT molecular complexity index is 1320. The maximum atomic E-state index is 12.8. The van der Waals surface area contributed by atoms with E-state index in [1.165, 1.54) is 5.56 Å². The number of nitrogens with zero attached hydrogens (tertiary/aromatic N) is 1. The summed E-state index contributed by atoms with van der Waals surface area (Å²) in [6.45, 7) is 10.9. The molecule has 3 aromatic carbocycles. The molecule has 1 aliphatic heterocycles. The highest BCUT2D eigenvalue weighted by Gasteiger charge is 2.35. The first-order valence-electron chi connectivity index (χ1n) is 13.4. The minimum absolute atomic E-state index is 0.0895. The normalized spacial score (nSPS) is 15.0. The van der Waals surface area contributed by atoms with Crippen LogP contribution in [0, 0.1) is 26.7 Å². The highest BCUT2D eigenvalue weighted by Crippen LogP contribution is 2.27. The molecular formula is C32H37N3O4. The fourth-order valence-electron chi connectivity index (χ4n) is 4.91. The number of amides is 3. The average Bonchev–Trinajstić information content (AvgIpc) is 3.30. The molecule has 2 N–H and O–H groups in total. The number of aryl methyl sites for hydroxylation is 3. The molecule has 1 fully saturated rings. The average molecular weight is 528 g/mol. The Labute approximate surface area is 230 Å². The summed E-state index contributed by atoms with van der Waals surface area (Å²) >= 11 is 0. The minimum atomic E-state index is -0.402. The van der Waals surface area contributed by atoms with Gasteiger partial charge in [-0.1, -0.05) is 55.8 Å². The van der Waals surface area contributed by atoms with Crippen LogP contribution < -0.4 is 20.3 Å². The molecule has 1 atom stereocenters. The molecule has 0 bridgehead atoms. The standard InChI is InChI=1S/C32H37N3O4/c1-20(2)25-8-6-24(7-9-25)17-33-32(38)26-16-30(37)35(18-26)27-10-12-28(13-11-27)39-19-29(36)34-31-22(4)14-21(3)15-23(31)5/h6-15,20,26H,16-19H2,1-5H3,(H,33,38)(H,34,36)/t26-/m0/s1. The molecule has 7 heteroatoms. The zero-order chi connectivity index (χ0) is 28.1. The van der Waals surface area contributed by atoms with Crippen molar-refractivity contribution in [2.45, 2.75) is 53.5 Å². The number of rotatable bonds is 9. The van der Waals surface area contributed by atoms with E-state index in [0.717, 1.165) is 27.9 Å². The highest BCUT2D eigenvalue weighted by atomic mass is 16.5. The lowest BCUT2D eigenvalue weighted by molar-refractivity contribution is -0.126. The molecule has 4 rings (SSSR count). The number of carbonyl (C=O) groups excluding carboxylic acids is 3. The third-order valence-corrected chi connectivity index (χ3v) is 7.07. The van der Waals surface area contributed by atoms with Gasteiger partial charge in [0.2, 0.25) is 11.8 Å². The predicted octanol–water partition coefficient (Wildman–Crippen LogP) is 5.42. The molecule has 0 aromatic heterocycles. The Morgan fingerprint density at radius 3 is 2.23 bits per heavy atom. The number of benzene rings is 3.